The second-order valence-electron chi connectivity index (χ2n) is 10.3. The van der Waals surface area contributed by atoms with E-state index in [-0.39, 0.29) is 18.9 Å². The number of hydrogen-bond acceptors (Lipinski definition) is 6. The monoisotopic (exact) mass is 651 g/mol. The molecule has 4 aromatic rings. The van der Waals surface area contributed by atoms with Crippen LogP contribution in [0.25, 0.3) is 0 Å². The number of halogens is 3. The van der Waals surface area contributed by atoms with Crippen molar-refractivity contribution in [2.24, 2.45) is 4.99 Å². The molecule has 0 fully saturated rings. The van der Waals surface area contributed by atoms with Gasteiger partial charge in [-0.2, -0.15) is 0 Å². The number of carbonyl (C=O) groups excluding carboxylic acids is 1. The number of rotatable bonds is 13. The van der Waals surface area contributed by atoms with Gasteiger partial charge in [0.05, 0.1) is 6.61 Å². The first-order valence-corrected chi connectivity index (χ1v) is 15.4. The minimum Gasteiger partial charge on any atom is -0.494 e. The fourth-order valence-corrected chi connectivity index (χ4v) is 5.77. The normalized spacial score (nSPS) is 17.5. The molecule has 1 heterocycles. The SMILES string of the molecule is O=C(NNCCc1ccccc1Cl)[C@@]1(Cc2ccccc2)N=C(c2ccc(OCCCO)cc2)O[C@H]1c1ccc(Cl)cc1Cl. The van der Waals surface area contributed by atoms with Crippen LogP contribution in [-0.4, -0.2) is 42.2 Å². The maximum atomic E-state index is 14.3. The molecule has 10 heteroatoms. The minimum absolute atomic E-state index is 0.0534. The molecule has 1 aliphatic heterocycles. The quantitative estimate of drug-likeness (QED) is 0.110. The Morgan fingerprint density at radius 3 is 2.41 bits per heavy atom. The van der Waals surface area contributed by atoms with E-state index in [4.69, 9.17) is 54.4 Å². The van der Waals surface area contributed by atoms with Crippen molar-refractivity contribution in [3.8, 4) is 5.75 Å². The number of amides is 1. The molecule has 2 atom stereocenters. The van der Waals surface area contributed by atoms with E-state index in [0.29, 0.717) is 63.8 Å². The van der Waals surface area contributed by atoms with Gasteiger partial charge in [0.1, 0.15) is 5.75 Å². The molecule has 0 radical (unpaired) electrons. The molecule has 0 spiro atoms. The lowest BCUT2D eigenvalue weighted by Gasteiger charge is -2.31. The van der Waals surface area contributed by atoms with Gasteiger partial charge in [0.2, 0.25) is 5.90 Å². The number of aliphatic imine (C=N–C) groups is 1. The first kappa shape index (κ1) is 31.8. The molecule has 0 unspecified atom stereocenters. The second kappa shape index (κ2) is 14.9. The molecule has 228 valence electrons. The Bertz CT molecular complexity index is 1600. The van der Waals surface area contributed by atoms with Crippen LogP contribution < -0.4 is 15.6 Å². The third-order valence-corrected chi connectivity index (χ3v) is 8.20. The van der Waals surface area contributed by atoms with E-state index in [1.54, 1.807) is 30.3 Å². The van der Waals surface area contributed by atoms with Crippen LogP contribution in [0.15, 0.2) is 102 Å². The first-order valence-electron chi connectivity index (χ1n) is 14.3. The van der Waals surface area contributed by atoms with Crippen molar-refractivity contribution in [2.45, 2.75) is 30.9 Å². The van der Waals surface area contributed by atoms with Crippen molar-refractivity contribution in [1.82, 2.24) is 10.9 Å². The van der Waals surface area contributed by atoms with E-state index in [9.17, 15) is 4.79 Å². The van der Waals surface area contributed by atoms with Gasteiger partial charge in [-0.1, -0.05) is 89.4 Å². The van der Waals surface area contributed by atoms with Crippen molar-refractivity contribution in [2.75, 3.05) is 19.8 Å². The molecule has 0 aromatic heterocycles. The molecule has 7 nitrogen and oxygen atoms in total. The zero-order chi connectivity index (χ0) is 30.9. The number of hydrazine groups is 1. The van der Waals surface area contributed by atoms with E-state index in [2.05, 4.69) is 10.9 Å². The van der Waals surface area contributed by atoms with Gasteiger partial charge in [-0.25, -0.2) is 10.4 Å². The van der Waals surface area contributed by atoms with Crippen molar-refractivity contribution < 1.29 is 19.4 Å². The number of nitrogens with one attached hydrogen (secondary N) is 2. The molecule has 4 aromatic carbocycles. The molecule has 1 aliphatic rings. The minimum atomic E-state index is -1.43. The van der Waals surface area contributed by atoms with Crippen molar-refractivity contribution >= 4 is 46.6 Å². The maximum absolute atomic E-state index is 14.3. The van der Waals surface area contributed by atoms with Gasteiger partial charge in [0.15, 0.2) is 11.6 Å². The van der Waals surface area contributed by atoms with Gasteiger partial charge in [-0.3, -0.25) is 10.2 Å². The molecule has 44 heavy (non-hydrogen) atoms. The topological polar surface area (TPSA) is 92.2 Å². The first-order chi connectivity index (χ1) is 21.4. The zero-order valence-electron chi connectivity index (χ0n) is 23.8. The molecule has 0 saturated heterocycles. The molecular formula is C34H32Cl3N3O4. The summed E-state index contributed by atoms with van der Waals surface area (Å²) in [7, 11) is 0. The molecule has 5 rings (SSSR count). The Morgan fingerprint density at radius 2 is 1.68 bits per heavy atom. The van der Waals surface area contributed by atoms with Gasteiger partial charge in [0, 0.05) is 52.2 Å². The zero-order valence-corrected chi connectivity index (χ0v) is 26.1. The largest absolute Gasteiger partial charge is 0.494 e. The predicted octanol–water partition coefficient (Wildman–Crippen LogP) is 6.77. The highest BCUT2D eigenvalue weighted by atomic mass is 35.5. The van der Waals surface area contributed by atoms with Crippen LogP contribution in [0.3, 0.4) is 0 Å². The maximum Gasteiger partial charge on any atom is 0.266 e. The fraction of sp³-hybridized carbons (Fsp3) is 0.235. The summed E-state index contributed by atoms with van der Waals surface area (Å²) in [6, 6.07) is 29.6. The number of hydrogen-bond donors (Lipinski definition) is 3. The van der Waals surface area contributed by atoms with Gasteiger partial charge in [0.25, 0.3) is 5.91 Å². The lowest BCUT2D eigenvalue weighted by atomic mass is 9.82. The summed E-state index contributed by atoms with van der Waals surface area (Å²) in [6.45, 7) is 0.893. The fourth-order valence-electron chi connectivity index (χ4n) is 5.03. The summed E-state index contributed by atoms with van der Waals surface area (Å²) < 4.78 is 12.2. The van der Waals surface area contributed by atoms with Crippen molar-refractivity contribution in [3.05, 3.63) is 134 Å². The van der Waals surface area contributed by atoms with E-state index in [1.165, 1.54) is 0 Å². The van der Waals surface area contributed by atoms with Crippen LogP contribution in [-0.2, 0) is 22.4 Å². The van der Waals surface area contributed by atoms with Gasteiger partial charge >= 0.3 is 0 Å². The summed E-state index contributed by atoms with van der Waals surface area (Å²) in [5.41, 5.74) is 7.64. The Balaban J connectivity index is 1.49. The average Bonchev–Trinajstić information content (AvgIpc) is 3.41. The lowest BCUT2D eigenvalue weighted by Crippen LogP contribution is -2.54. The molecule has 0 aliphatic carbocycles. The van der Waals surface area contributed by atoms with Gasteiger partial charge in [-0.15, -0.1) is 0 Å². The van der Waals surface area contributed by atoms with Gasteiger partial charge < -0.3 is 14.6 Å². The van der Waals surface area contributed by atoms with Crippen molar-refractivity contribution in [1.29, 1.82) is 0 Å². The summed E-state index contributed by atoms with van der Waals surface area (Å²) >= 11 is 19.3. The Kier molecular flexibility index (Phi) is 10.8. The standard InChI is InChI=1S/C34H32Cl3N3O4/c35-26-13-16-28(30(37)21-26)31-34(22-23-7-2-1-3-8-23,33(42)40-38-18-17-24-9-4-5-10-29(24)36)39-32(44-31)25-11-14-27(15-12-25)43-20-6-19-41/h1-5,7-16,21,31,38,41H,6,17-20,22H2,(H,40,42)/t31-,34-/m0/s1. The summed E-state index contributed by atoms with van der Waals surface area (Å²) in [6.07, 6.45) is 0.509. The number of nitrogens with zero attached hydrogens (tertiary/aromatic N) is 1. The van der Waals surface area contributed by atoms with Gasteiger partial charge in [-0.05, 0) is 60.0 Å². The van der Waals surface area contributed by atoms with E-state index in [1.807, 2.05) is 66.7 Å². The number of aliphatic hydroxyl groups is 1. The van der Waals surface area contributed by atoms with E-state index >= 15 is 0 Å². The Morgan fingerprint density at radius 1 is 0.932 bits per heavy atom. The van der Waals surface area contributed by atoms with Crippen LogP contribution in [0.5, 0.6) is 5.75 Å². The number of carbonyl (C=O) groups is 1. The summed E-state index contributed by atoms with van der Waals surface area (Å²) in [5.74, 6) is 0.565. The highest BCUT2D eigenvalue weighted by Gasteiger charge is 2.54. The third kappa shape index (κ3) is 7.54. The van der Waals surface area contributed by atoms with Crippen LogP contribution in [0.2, 0.25) is 15.1 Å². The van der Waals surface area contributed by atoms with Crippen LogP contribution >= 0.6 is 34.8 Å². The highest BCUT2D eigenvalue weighted by molar-refractivity contribution is 6.35. The van der Waals surface area contributed by atoms with Crippen LogP contribution in [0.1, 0.15) is 34.8 Å². The second-order valence-corrected chi connectivity index (χ2v) is 11.6. The van der Waals surface area contributed by atoms with Crippen LogP contribution in [0.4, 0.5) is 0 Å². The molecular weight excluding hydrogens is 621 g/mol. The molecule has 0 bridgehead atoms. The number of benzene rings is 4. The Hall–Kier alpha value is -3.59. The molecule has 1 amide bonds. The Labute approximate surface area is 271 Å². The van der Waals surface area contributed by atoms with Crippen LogP contribution in [0, 0.1) is 0 Å². The predicted molar refractivity (Wildman–Crippen MR) is 175 cm³/mol. The van der Waals surface area contributed by atoms with E-state index < -0.39 is 11.6 Å². The molecule has 0 saturated carbocycles. The number of ether oxygens (including phenoxy) is 2. The van der Waals surface area contributed by atoms with E-state index in [0.717, 1.165) is 11.1 Å². The summed E-state index contributed by atoms with van der Waals surface area (Å²) in [5, 5.41) is 10.5. The van der Waals surface area contributed by atoms with Crippen molar-refractivity contribution in [3.63, 3.8) is 0 Å². The third-order valence-electron chi connectivity index (χ3n) is 7.27. The summed E-state index contributed by atoms with van der Waals surface area (Å²) in [4.78, 5) is 19.3. The lowest BCUT2D eigenvalue weighted by molar-refractivity contribution is -0.130. The number of aliphatic hydroxyl groups excluding tert-OH is 1. The average molecular weight is 653 g/mol. The smallest absolute Gasteiger partial charge is 0.266 e. The highest BCUT2D eigenvalue weighted by Crippen LogP contribution is 2.45. The molecule has 3 N–H and O–H groups in total.